The maximum atomic E-state index is 12.1. The molecule has 0 unspecified atom stereocenters. The van der Waals surface area contributed by atoms with E-state index in [4.69, 9.17) is 5.11 Å². The van der Waals surface area contributed by atoms with Gasteiger partial charge >= 0.3 is 5.97 Å². The molecular formula is C14H19N3O4. The maximum Gasteiger partial charge on any atom is 0.306 e. The highest BCUT2D eigenvalue weighted by Crippen LogP contribution is 2.25. The number of hydrogen-bond donors (Lipinski definition) is 2. The summed E-state index contributed by atoms with van der Waals surface area (Å²) in [5, 5.41) is 15.8. The second-order valence-corrected chi connectivity index (χ2v) is 5.30. The van der Waals surface area contributed by atoms with Crippen LogP contribution in [0.1, 0.15) is 43.1 Å². The molecule has 2 rings (SSSR count). The number of hydrogen-bond acceptors (Lipinski definition) is 4. The van der Waals surface area contributed by atoms with Gasteiger partial charge in [0.1, 0.15) is 5.69 Å². The summed E-state index contributed by atoms with van der Waals surface area (Å²) < 4.78 is 1.27. The fourth-order valence-corrected chi connectivity index (χ4v) is 2.54. The standard InChI is InChI=1S/C14H19N3O4/c1-2-7-17-12(18)6-5-11(16-17)13(19)15-10-4-3-9(8-10)14(20)21/h5-6,9-10H,2-4,7-8H2,1H3,(H,15,19)(H,20,21)/t9-,10+/m1/s1. The second-order valence-electron chi connectivity index (χ2n) is 5.30. The lowest BCUT2D eigenvalue weighted by atomic mass is 10.1. The number of aliphatic carboxylic acids is 1. The Morgan fingerprint density at radius 1 is 1.43 bits per heavy atom. The Hall–Kier alpha value is -2.18. The fraction of sp³-hybridized carbons (Fsp3) is 0.571. The van der Waals surface area contributed by atoms with Crippen molar-refractivity contribution < 1.29 is 14.7 Å². The molecule has 1 aliphatic carbocycles. The van der Waals surface area contributed by atoms with E-state index in [1.165, 1.54) is 16.8 Å². The van der Waals surface area contributed by atoms with Crippen molar-refractivity contribution in [2.24, 2.45) is 5.92 Å². The minimum atomic E-state index is -0.818. The Labute approximate surface area is 122 Å². The molecule has 0 spiro atoms. The molecule has 7 nitrogen and oxygen atoms in total. The van der Waals surface area contributed by atoms with Crippen LogP contribution in [0.25, 0.3) is 0 Å². The van der Waals surface area contributed by atoms with Gasteiger partial charge < -0.3 is 10.4 Å². The molecule has 1 aromatic rings. The van der Waals surface area contributed by atoms with Gasteiger partial charge in [0.15, 0.2) is 0 Å². The highest BCUT2D eigenvalue weighted by molar-refractivity contribution is 5.92. The maximum absolute atomic E-state index is 12.1. The molecule has 0 bridgehead atoms. The fourth-order valence-electron chi connectivity index (χ4n) is 2.54. The van der Waals surface area contributed by atoms with E-state index >= 15 is 0 Å². The Bertz CT molecular complexity index is 596. The van der Waals surface area contributed by atoms with Crippen molar-refractivity contribution in [3.05, 3.63) is 28.2 Å². The summed E-state index contributed by atoms with van der Waals surface area (Å²) in [7, 11) is 0. The number of rotatable bonds is 5. The van der Waals surface area contributed by atoms with E-state index in [0.29, 0.717) is 25.8 Å². The predicted octanol–water partition coefficient (Wildman–Crippen LogP) is 0.636. The van der Waals surface area contributed by atoms with Crippen LogP contribution in [0.15, 0.2) is 16.9 Å². The van der Waals surface area contributed by atoms with Gasteiger partial charge in [0.2, 0.25) is 0 Å². The quantitative estimate of drug-likeness (QED) is 0.829. The van der Waals surface area contributed by atoms with Gasteiger partial charge in [-0.2, -0.15) is 5.10 Å². The molecular weight excluding hydrogens is 274 g/mol. The van der Waals surface area contributed by atoms with Gasteiger partial charge in [-0.05, 0) is 31.7 Å². The smallest absolute Gasteiger partial charge is 0.306 e. The Balaban J connectivity index is 2.02. The zero-order chi connectivity index (χ0) is 15.4. The van der Waals surface area contributed by atoms with Crippen molar-refractivity contribution in [2.45, 2.75) is 45.2 Å². The summed E-state index contributed by atoms with van der Waals surface area (Å²) in [4.78, 5) is 34.6. The van der Waals surface area contributed by atoms with Crippen LogP contribution in [0.5, 0.6) is 0 Å². The van der Waals surface area contributed by atoms with E-state index in [-0.39, 0.29) is 23.2 Å². The van der Waals surface area contributed by atoms with E-state index in [2.05, 4.69) is 10.4 Å². The van der Waals surface area contributed by atoms with Crippen LogP contribution < -0.4 is 10.9 Å². The van der Waals surface area contributed by atoms with E-state index in [0.717, 1.165) is 6.42 Å². The van der Waals surface area contributed by atoms with Crippen molar-refractivity contribution in [1.29, 1.82) is 0 Å². The number of aryl methyl sites for hydroxylation is 1. The molecule has 1 fully saturated rings. The molecule has 0 radical (unpaired) electrons. The predicted molar refractivity (Wildman–Crippen MR) is 75.0 cm³/mol. The summed E-state index contributed by atoms with van der Waals surface area (Å²) in [6.45, 7) is 2.38. The Morgan fingerprint density at radius 3 is 2.81 bits per heavy atom. The van der Waals surface area contributed by atoms with Gasteiger partial charge in [0.25, 0.3) is 11.5 Å². The molecule has 1 aromatic heterocycles. The van der Waals surface area contributed by atoms with Crippen LogP contribution in [-0.2, 0) is 11.3 Å². The molecule has 1 saturated carbocycles. The third-order valence-electron chi connectivity index (χ3n) is 3.65. The van der Waals surface area contributed by atoms with Crippen LogP contribution in [-0.4, -0.2) is 32.8 Å². The molecule has 0 aliphatic heterocycles. The zero-order valence-corrected chi connectivity index (χ0v) is 11.9. The zero-order valence-electron chi connectivity index (χ0n) is 11.9. The SMILES string of the molecule is CCCn1nc(C(=O)N[C@H]2CC[C@@H](C(=O)O)C2)ccc1=O. The summed E-state index contributed by atoms with van der Waals surface area (Å²) >= 11 is 0. The van der Waals surface area contributed by atoms with E-state index < -0.39 is 11.9 Å². The number of amides is 1. The van der Waals surface area contributed by atoms with Gasteiger partial charge in [-0.15, -0.1) is 0 Å². The van der Waals surface area contributed by atoms with Crippen molar-refractivity contribution in [2.75, 3.05) is 0 Å². The lowest BCUT2D eigenvalue weighted by molar-refractivity contribution is -0.141. The molecule has 114 valence electrons. The number of nitrogens with zero attached hydrogens (tertiary/aromatic N) is 2. The van der Waals surface area contributed by atoms with Gasteiger partial charge in [-0.1, -0.05) is 6.92 Å². The molecule has 1 aliphatic rings. The highest BCUT2D eigenvalue weighted by Gasteiger charge is 2.30. The Kier molecular flexibility index (Phi) is 4.72. The number of carbonyl (C=O) groups excluding carboxylic acids is 1. The van der Waals surface area contributed by atoms with Crippen molar-refractivity contribution in [3.8, 4) is 0 Å². The normalized spacial score (nSPS) is 21.2. The molecule has 0 saturated heterocycles. The average molecular weight is 293 g/mol. The van der Waals surface area contributed by atoms with Crippen LogP contribution >= 0.6 is 0 Å². The number of aromatic nitrogens is 2. The monoisotopic (exact) mass is 293 g/mol. The van der Waals surface area contributed by atoms with Crippen molar-refractivity contribution >= 4 is 11.9 Å². The summed E-state index contributed by atoms with van der Waals surface area (Å²) in [6.07, 6.45) is 2.41. The van der Waals surface area contributed by atoms with E-state index in [1.807, 2.05) is 6.92 Å². The molecule has 1 heterocycles. The van der Waals surface area contributed by atoms with Crippen LogP contribution in [0.4, 0.5) is 0 Å². The van der Waals surface area contributed by atoms with Crippen LogP contribution in [0, 0.1) is 5.92 Å². The van der Waals surface area contributed by atoms with Crippen LogP contribution in [0.3, 0.4) is 0 Å². The third kappa shape index (κ3) is 3.68. The van der Waals surface area contributed by atoms with Gasteiger partial charge in [0.05, 0.1) is 5.92 Å². The van der Waals surface area contributed by atoms with Gasteiger partial charge in [0, 0.05) is 18.7 Å². The highest BCUT2D eigenvalue weighted by atomic mass is 16.4. The molecule has 1 amide bonds. The molecule has 2 atom stereocenters. The number of carboxylic acids is 1. The topological polar surface area (TPSA) is 101 Å². The first-order chi connectivity index (χ1) is 10.0. The molecule has 21 heavy (non-hydrogen) atoms. The Morgan fingerprint density at radius 2 is 2.19 bits per heavy atom. The van der Waals surface area contributed by atoms with Crippen molar-refractivity contribution in [3.63, 3.8) is 0 Å². The molecule has 0 aromatic carbocycles. The number of carboxylic acid groups (broad SMARTS) is 1. The summed E-state index contributed by atoms with van der Waals surface area (Å²) in [5.41, 5.74) is -0.0537. The average Bonchev–Trinajstić information content (AvgIpc) is 2.90. The van der Waals surface area contributed by atoms with Gasteiger partial charge in [-0.25, -0.2) is 4.68 Å². The molecule has 7 heteroatoms. The number of nitrogens with one attached hydrogen (secondary N) is 1. The lowest BCUT2D eigenvalue weighted by Crippen LogP contribution is -2.35. The molecule has 2 N–H and O–H groups in total. The van der Waals surface area contributed by atoms with E-state index in [9.17, 15) is 14.4 Å². The largest absolute Gasteiger partial charge is 0.481 e. The summed E-state index contributed by atoms with van der Waals surface area (Å²) in [6, 6.07) is 2.58. The number of carbonyl (C=O) groups is 2. The van der Waals surface area contributed by atoms with Crippen LogP contribution in [0.2, 0.25) is 0 Å². The third-order valence-corrected chi connectivity index (χ3v) is 3.65. The summed E-state index contributed by atoms with van der Waals surface area (Å²) in [5.74, 6) is -1.57. The first-order valence-electron chi connectivity index (χ1n) is 7.13. The minimum absolute atomic E-state index is 0.146. The van der Waals surface area contributed by atoms with E-state index in [1.54, 1.807) is 0 Å². The lowest BCUT2D eigenvalue weighted by Gasteiger charge is -2.12. The van der Waals surface area contributed by atoms with Crippen molar-refractivity contribution in [1.82, 2.24) is 15.1 Å². The first-order valence-corrected chi connectivity index (χ1v) is 7.13. The second kappa shape index (κ2) is 6.51. The first kappa shape index (κ1) is 15.2. The minimum Gasteiger partial charge on any atom is -0.481 e. The van der Waals surface area contributed by atoms with Gasteiger partial charge in [-0.3, -0.25) is 14.4 Å².